The Morgan fingerprint density at radius 3 is 2.65 bits per heavy atom. The molecule has 2 heterocycles. The molecule has 0 saturated carbocycles. The van der Waals surface area contributed by atoms with Crippen molar-refractivity contribution in [2.24, 2.45) is 5.73 Å². The van der Waals surface area contributed by atoms with Crippen LogP contribution in [0, 0.1) is 20.8 Å². The maximum atomic E-state index is 5.75. The lowest BCUT2D eigenvalue weighted by atomic mass is 10.1. The number of nitrogens with two attached hydrogens (primary N) is 1. The van der Waals surface area contributed by atoms with Gasteiger partial charge in [-0.2, -0.15) is 5.10 Å². The zero-order valence-corrected chi connectivity index (χ0v) is 13.3. The van der Waals surface area contributed by atoms with E-state index in [4.69, 9.17) is 22.7 Å². The fourth-order valence-corrected chi connectivity index (χ4v) is 2.79. The third kappa shape index (κ3) is 3.10. The predicted molar refractivity (Wildman–Crippen MR) is 83.4 cm³/mol. The van der Waals surface area contributed by atoms with Crippen molar-refractivity contribution in [1.29, 1.82) is 0 Å². The summed E-state index contributed by atoms with van der Waals surface area (Å²) in [5.74, 6) is 0.405. The summed E-state index contributed by atoms with van der Waals surface area (Å²) >= 11 is 6.69. The number of thiazole rings is 1. The van der Waals surface area contributed by atoms with Crippen LogP contribution in [0.5, 0.6) is 5.88 Å². The fourth-order valence-electron chi connectivity index (χ4n) is 1.78. The first kappa shape index (κ1) is 14.8. The molecule has 0 aliphatic carbocycles. The Morgan fingerprint density at radius 1 is 1.30 bits per heavy atom. The molecule has 0 atom stereocenters. The summed E-state index contributed by atoms with van der Waals surface area (Å²) in [5.41, 5.74) is 11.0. The molecule has 106 valence electrons. The van der Waals surface area contributed by atoms with Gasteiger partial charge in [0.15, 0.2) is 0 Å². The Hall–Kier alpha value is -1.60. The number of aryl methyl sites for hydroxylation is 2. The van der Waals surface area contributed by atoms with Crippen LogP contribution in [0.1, 0.15) is 27.4 Å². The highest BCUT2D eigenvalue weighted by molar-refractivity contribution is 7.80. The highest BCUT2D eigenvalue weighted by Gasteiger charge is 2.15. The van der Waals surface area contributed by atoms with Gasteiger partial charge in [-0.25, -0.2) is 4.98 Å². The van der Waals surface area contributed by atoms with Crippen LogP contribution >= 0.6 is 23.6 Å². The van der Waals surface area contributed by atoms with Crippen molar-refractivity contribution in [3.63, 3.8) is 0 Å². The van der Waals surface area contributed by atoms with Crippen molar-refractivity contribution in [1.82, 2.24) is 15.2 Å². The summed E-state index contributed by atoms with van der Waals surface area (Å²) in [7, 11) is 0. The normalized spacial score (nSPS) is 10.6. The lowest BCUT2D eigenvalue weighted by molar-refractivity contribution is 0.305. The highest BCUT2D eigenvalue weighted by atomic mass is 32.1. The molecule has 0 aliphatic rings. The van der Waals surface area contributed by atoms with E-state index in [9.17, 15) is 0 Å². The Bertz CT molecular complexity index is 639. The monoisotopic (exact) mass is 308 g/mol. The van der Waals surface area contributed by atoms with Gasteiger partial charge in [-0.05, 0) is 26.3 Å². The average molecular weight is 308 g/mol. The summed E-state index contributed by atoms with van der Waals surface area (Å²) in [6.45, 7) is 6.27. The van der Waals surface area contributed by atoms with E-state index < -0.39 is 0 Å². The quantitative estimate of drug-likeness (QED) is 0.853. The van der Waals surface area contributed by atoms with Gasteiger partial charge in [0.05, 0.1) is 29.1 Å². The number of aromatic nitrogens is 3. The zero-order valence-electron chi connectivity index (χ0n) is 11.6. The van der Waals surface area contributed by atoms with Gasteiger partial charge in [0, 0.05) is 11.3 Å². The largest absolute Gasteiger partial charge is 0.476 e. The molecule has 0 bridgehead atoms. The minimum absolute atomic E-state index is 0.282. The standard InChI is InChI=1S/C13H16N4OS2/c1-7-8(2)16-17-13(11(7)12(14)19)18-5-4-10-9(3)15-6-20-10/h6H,4-5H2,1-3H3,(H2,14,19). The van der Waals surface area contributed by atoms with E-state index >= 15 is 0 Å². The van der Waals surface area contributed by atoms with Crippen LogP contribution in [0.2, 0.25) is 0 Å². The topological polar surface area (TPSA) is 73.9 Å². The van der Waals surface area contributed by atoms with Crippen molar-refractivity contribution in [2.45, 2.75) is 27.2 Å². The Kier molecular flexibility index (Phi) is 4.61. The molecule has 0 saturated heterocycles. The maximum Gasteiger partial charge on any atom is 0.244 e. The molecule has 0 spiro atoms. The van der Waals surface area contributed by atoms with Crippen molar-refractivity contribution < 1.29 is 4.74 Å². The van der Waals surface area contributed by atoms with Crippen molar-refractivity contribution in [3.05, 3.63) is 32.9 Å². The van der Waals surface area contributed by atoms with Crippen LogP contribution in [0.25, 0.3) is 0 Å². The first-order valence-electron chi connectivity index (χ1n) is 6.16. The fraction of sp³-hybridized carbons (Fsp3) is 0.385. The molecule has 20 heavy (non-hydrogen) atoms. The molecule has 7 heteroatoms. The zero-order chi connectivity index (χ0) is 14.7. The average Bonchev–Trinajstić information content (AvgIpc) is 2.79. The molecule has 0 unspecified atom stereocenters. The van der Waals surface area contributed by atoms with Gasteiger partial charge >= 0.3 is 0 Å². The predicted octanol–water partition coefficient (Wildman–Crippen LogP) is 2.11. The second kappa shape index (κ2) is 6.23. The van der Waals surface area contributed by atoms with Gasteiger partial charge in [-0.1, -0.05) is 12.2 Å². The van der Waals surface area contributed by atoms with Crippen LogP contribution in [0.15, 0.2) is 5.51 Å². The number of hydrogen-bond acceptors (Lipinski definition) is 6. The third-order valence-electron chi connectivity index (χ3n) is 3.08. The van der Waals surface area contributed by atoms with Gasteiger partial charge in [0.2, 0.25) is 5.88 Å². The lowest BCUT2D eigenvalue weighted by Crippen LogP contribution is -2.17. The third-order valence-corrected chi connectivity index (χ3v) is 4.28. The summed E-state index contributed by atoms with van der Waals surface area (Å²) in [5, 5.41) is 8.10. The van der Waals surface area contributed by atoms with E-state index in [1.54, 1.807) is 11.3 Å². The van der Waals surface area contributed by atoms with E-state index in [1.807, 2.05) is 26.3 Å². The molecule has 0 radical (unpaired) electrons. The van der Waals surface area contributed by atoms with Crippen molar-refractivity contribution in [3.8, 4) is 5.88 Å². The van der Waals surface area contributed by atoms with E-state index in [2.05, 4.69) is 15.2 Å². The molecule has 0 fully saturated rings. The highest BCUT2D eigenvalue weighted by Crippen LogP contribution is 2.21. The van der Waals surface area contributed by atoms with Crippen molar-refractivity contribution in [2.75, 3.05) is 6.61 Å². The second-order valence-corrected chi connectivity index (χ2v) is 5.79. The van der Waals surface area contributed by atoms with E-state index in [0.717, 1.165) is 23.4 Å². The molecule has 2 rings (SSSR count). The SMILES string of the molecule is Cc1ncsc1CCOc1nnc(C)c(C)c1C(N)=S. The van der Waals surface area contributed by atoms with Crippen LogP contribution in [-0.4, -0.2) is 26.8 Å². The van der Waals surface area contributed by atoms with Gasteiger partial charge < -0.3 is 10.5 Å². The van der Waals surface area contributed by atoms with Gasteiger partial charge in [-0.3, -0.25) is 0 Å². The van der Waals surface area contributed by atoms with Crippen LogP contribution in [0.4, 0.5) is 0 Å². The van der Waals surface area contributed by atoms with Gasteiger partial charge in [0.25, 0.3) is 0 Å². The molecular weight excluding hydrogens is 292 g/mol. The summed E-state index contributed by atoms with van der Waals surface area (Å²) in [6.07, 6.45) is 0.780. The molecule has 2 aromatic heterocycles. The number of thiocarbonyl (C=S) groups is 1. The first-order valence-corrected chi connectivity index (χ1v) is 7.45. The smallest absolute Gasteiger partial charge is 0.244 e. The van der Waals surface area contributed by atoms with E-state index in [-0.39, 0.29) is 4.99 Å². The van der Waals surface area contributed by atoms with E-state index in [1.165, 1.54) is 4.88 Å². The molecule has 0 aromatic carbocycles. The number of ether oxygens (including phenoxy) is 1. The van der Waals surface area contributed by atoms with Crippen LogP contribution in [-0.2, 0) is 6.42 Å². The van der Waals surface area contributed by atoms with E-state index in [0.29, 0.717) is 18.1 Å². The molecule has 0 amide bonds. The van der Waals surface area contributed by atoms with Crippen LogP contribution < -0.4 is 10.5 Å². The molecular formula is C13H16N4OS2. The molecule has 2 N–H and O–H groups in total. The number of rotatable bonds is 5. The molecule has 0 aliphatic heterocycles. The summed E-state index contributed by atoms with van der Waals surface area (Å²) in [6, 6.07) is 0. The molecule has 2 aromatic rings. The second-order valence-electron chi connectivity index (χ2n) is 4.41. The van der Waals surface area contributed by atoms with Crippen molar-refractivity contribution >= 4 is 28.5 Å². The first-order chi connectivity index (χ1) is 9.50. The van der Waals surface area contributed by atoms with Gasteiger partial charge in [-0.15, -0.1) is 16.4 Å². The molecule has 5 nitrogen and oxygen atoms in total. The number of nitrogens with zero attached hydrogens (tertiary/aromatic N) is 3. The Labute approximate surface area is 127 Å². The maximum absolute atomic E-state index is 5.75. The Balaban J connectivity index is 2.12. The van der Waals surface area contributed by atoms with Crippen LogP contribution in [0.3, 0.4) is 0 Å². The summed E-state index contributed by atoms with van der Waals surface area (Å²) in [4.78, 5) is 5.70. The summed E-state index contributed by atoms with van der Waals surface area (Å²) < 4.78 is 5.70. The van der Waals surface area contributed by atoms with Gasteiger partial charge in [0.1, 0.15) is 4.99 Å². The Morgan fingerprint density at radius 2 is 2.05 bits per heavy atom. The minimum Gasteiger partial charge on any atom is -0.476 e. The lowest BCUT2D eigenvalue weighted by Gasteiger charge is -2.12. The minimum atomic E-state index is 0.282. The number of hydrogen-bond donors (Lipinski definition) is 1.